The molecule has 0 aliphatic heterocycles. The molecule has 2 aromatic rings. The Hall–Kier alpha value is -2.22. The van der Waals surface area contributed by atoms with Crippen LogP contribution in [0.3, 0.4) is 0 Å². The molecule has 22 heavy (non-hydrogen) atoms. The van der Waals surface area contributed by atoms with Gasteiger partial charge < -0.3 is 4.43 Å². The van der Waals surface area contributed by atoms with Crippen LogP contribution >= 0.6 is 0 Å². The number of carbonyl (C=O) groups excluding carboxylic acids is 1. The minimum absolute atomic E-state index is 0.316. The van der Waals surface area contributed by atoms with E-state index in [0.717, 1.165) is 0 Å². The molecule has 3 nitrogen and oxygen atoms in total. The zero-order valence-electron chi connectivity index (χ0n) is 13.0. The largest absolute Gasteiger partial charge is 0.391 e. The van der Waals surface area contributed by atoms with E-state index in [-0.39, 0.29) is 5.78 Å². The third-order valence-corrected chi connectivity index (χ3v) is 4.07. The van der Waals surface area contributed by atoms with Crippen LogP contribution in [0.15, 0.2) is 60.7 Å². The number of hydrogen-bond donors (Lipinski definition) is 0. The Bertz CT molecular complexity index is 687. The van der Waals surface area contributed by atoms with Gasteiger partial charge in [0, 0.05) is 11.1 Å². The van der Waals surface area contributed by atoms with E-state index >= 15 is 0 Å². The van der Waals surface area contributed by atoms with Gasteiger partial charge in [-0.1, -0.05) is 60.7 Å². The highest BCUT2D eigenvalue weighted by molar-refractivity contribution is 6.70. The molecule has 0 radical (unpaired) electrons. The summed E-state index contributed by atoms with van der Waals surface area (Å²) < 4.78 is 6.11. The van der Waals surface area contributed by atoms with Crippen LogP contribution in [0.5, 0.6) is 0 Å². The Morgan fingerprint density at radius 2 is 1.50 bits per heavy atom. The lowest BCUT2D eigenvalue weighted by molar-refractivity contribution is 0.0608. The zero-order chi connectivity index (χ0) is 16.2. The van der Waals surface area contributed by atoms with Crippen molar-refractivity contribution in [2.24, 2.45) is 0 Å². The summed E-state index contributed by atoms with van der Waals surface area (Å²) >= 11 is 0. The molecule has 2 rings (SSSR count). The molecule has 0 aliphatic carbocycles. The molecule has 2 aromatic carbocycles. The van der Waals surface area contributed by atoms with E-state index < -0.39 is 13.9 Å². The van der Waals surface area contributed by atoms with E-state index in [1.807, 2.05) is 43.9 Å². The summed E-state index contributed by atoms with van der Waals surface area (Å²) in [6.07, 6.45) is 0. The molecule has 0 amide bonds. The normalized spacial score (nSPS) is 13.9. The predicted octanol–water partition coefficient (Wildman–Crippen LogP) is 4.14. The summed E-state index contributed by atoms with van der Waals surface area (Å²) in [7, 11) is -2.14. The third kappa shape index (κ3) is 3.33. The van der Waals surface area contributed by atoms with Gasteiger partial charge in [0.1, 0.15) is 6.07 Å². The number of nitrogens with zero attached hydrogens (tertiary/aromatic N) is 1. The molecule has 4 heteroatoms. The van der Waals surface area contributed by atoms with Crippen molar-refractivity contribution in [3.8, 4) is 6.07 Å². The maximum absolute atomic E-state index is 13.1. The van der Waals surface area contributed by atoms with Gasteiger partial charge in [-0.05, 0) is 19.6 Å². The van der Waals surface area contributed by atoms with E-state index in [9.17, 15) is 10.1 Å². The second-order valence-corrected chi connectivity index (χ2v) is 10.5. The smallest absolute Gasteiger partial charge is 0.234 e. The summed E-state index contributed by atoms with van der Waals surface area (Å²) in [5.74, 6) is -0.316. The van der Waals surface area contributed by atoms with Gasteiger partial charge in [-0.15, -0.1) is 0 Å². The Morgan fingerprint density at radius 3 is 1.95 bits per heavy atom. The molecule has 0 aliphatic rings. The first-order chi connectivity index (χ1) is 10.4. The van der Waals surface area contributed by atoms with Gasteiger partial charge in [-0.25, -0.2) is 0 Å². The Kier molecular flexibility index (Phi) is 4.60. The lowest BCUT2D eigenvalue weighted by Gasteiger charge is -2.32. The number of carbonyl (C=O) groups is 1. The van der Waals surface area contributed by atoms with Crippen molar-refractivity contribution in [3.05, 3.63) is 71.8 Å². The molecular weight excluding hydrogens is 290 g/mol. The molecule has 0 aromatic heterocycles. The highest BCUT2D eigenvalue weighted by Crippen LogP contribution is 2.32. The average molecular weight is 309 g/mol. The van der Waals surface area contributed by atoms with Gasteiger partial charge in [0.15, 0.2) is 8.32 Å². The minimum atomic E-state index is -2.14. The number of nitriles is 1. The van der Waals surface area contributed by atoms with Gasteiger partial charge in [0.05, 0.1) is 0 Å². The first-order valence-electron chi connectivity index (χ1n) is 7.16. The van der Waals surface area contributed by atoms with Crippen LogP contribution < -0.4 is 0 Å². The fourth-order valence-corrected chi connectivity index (χ4v) is 3.47. The van der Waals surface area contributed by atoms with Crippen LogP contribution in [0.2, 0.25) is 19.6 Å². The van der Waals surface area contributed by atoms with E-state index in [2.05, 4.69) is 6.07 Å². The highest BCUT2D eigenvalue weighted by atomic mass is 28.4. The number of ketones is 1. The topological polar surface area (TPSA) is 50.1 Å². The van der Waals surface area contributed by atoms with E-state index in [1.165, 1.54) is 0 Å². The van der Waals surface area contributed by atoms with Crippen molar-refractivity contribution in [1.82, 2.24) is 0 Å². The fourth-order valence-electron chi connectivity index (χ4n) is 2.30. The van der Waals surface area contributed by atoms with Crippen LogP contribution in [-0.4, -0.2) is 14.1 Å². The van der Waals surface area contributed by atoms with Gasteiger partial charge in [0.2, 0.25) is 11.4 Å². The minimum Gasteiger partial charge on any atom is -0.391 e. The van der Waals surface area contributed by atoms with Gasteiger partial charge in [-0.2, -0.15) is 5.26 Å². The molecule has 0 saturated carbocycles. The maximum atomic E-state index is 13.1. The molecule has 1 unspecified atom stereocenters. The molecule has 1 atom stereocenters. The van der Waals surface area contributed by atoms with Gasteiger partial charge >= 0.3 is 0 Å². The number of rotatable bonds is 5. The zero-order valence-corrected chi connectivity index (χ0v) is 14.0. The first kappa shape index (κ1) is 16.2. The third-order valence-electron chi connectivity index (χ3n) is 3.15. The quantitative estimate of drug-likeness (QED) is 0.616. The van der Waals surface area contributed by atoms with Crippen LogP contribution in [0, 0.1) is 11.3 Å². The number of benzene rings is 2. The van der Waals surface area contributed by atoms with Crippen LogP contribution in [-0.2, 0) is 10.0 Å². The monoisotopic (exact) mass is 309 g/mol. The number of Topliss-reactive ketones (excluding diaryl/α,β-unsaturated/α-hetero) is 1. The highest BCUT2D eigenvalue weighted by Gasteiger charge is 2.45. The van der Waals surface area contributed by atoms with Gasteiger partial charge in [0.25, 0.3) is 0 Å². The first-order valence-corrected chi connectivity index (χ1v) is 10.6. The SMILES string of the molecule is C[Si](C)(C)OC(C#N)(C(=O)c1ccccc1)c1ccccc1. The Labute approximate surface area is 132 Å². The van der Waals surface area contributed by atoms with E-state index in [1.54, 1.807) is 36.4 Å². The second kappa shape index (κ2) is 6.26. The van der Waals surface area contributed by atoms with Gasteiger partial charge in [-0.3, -0.25) is 4.79 Å². The Morgan fingerprint density at radius 1 is 1.00 bits per heavy atom. The average Bonchev–Trinajstić information content (AvgIpc) is 2.53. The molecule has 0 fully saturated rings. The summed E-state index contributed by atoms with van der Waals surface area (Å²) in [4.78, 5) is 13.1. The van der Waals surface area contributed by atoms with Crippen molar-refractivity contribution in [2.45, 2.75) is 25.2 Å². The standard InChI is InChI=1S/C18H19NO2Si/c1-22(2,3)21-18(14-19,16-12-8-5-9-13-16)17(20)15-10-6-4-7-11-15/h4-13H,1-3H3. The van der Waals surface area contributed by atoms with Crippen molar-refractivity contribution < 1.29 is 9.22 Å². The predicted molar refractivity (Wildman–Crippen MR) is 88.9 cm³/mol. The van der Waals surface area contributed by atoms with Crippen LogP contribution in [0.4, 0.5) is 0 Å². The summed E-state index contributed by atoms with van der Waals surface area (Å²) in [5, 5.41) is 9.85. The van der Waals surface area contributed by atoms with Crippen molar-refractivity contribution in [2.75, 3.05) is 0 Å². The molecule has 0 spiro atoms. The lowest BCUT2D eigenvalue weighted by Crippen LogP contribution is -2.45. The molecule has 112 valence electrons. The molecule has 0 bridgehead atoms. The summed E-state index contributed by atoms with van der Waals surface area (Å²) in [6, 6.07) is 20.0. The maximum Gasteiger partial charge on any atom is 0.234 e. The van der Waals surface area contributed by atoms with Crippen LogP contribution in [0.25, 0.3) is 0 Å². The van der Waals surface area contributed by atoms with E-state index in [0.29, 0.717) is 11.1 Å². The summed E-state index contributed by atoms with van der Waals surface area (Å²) in [6.45, 7) is 5.92. The Balaban J connectivity index is 2.60. The lowest BCUT2D eigenvalue weighted by atomic mass is 9.87. The molecule has 0 saturated heterocycles. The van der Waals surface area contributed by atoms with Crippen LogP contribution in [0.1, 0.15) is 15.9 Å². The second-order valence-electron chi connectivity index (χ2n) is 6.07. The summed E-state index contributed by atoms with van der Waals surface area (Å²) in [5.41, 5.74) is -0.535. The number of hydrogen-bond acceptors (Lipinski definition) is 3. The van der Waals surface area contributed by atoms with Crippen molar-refractivity contribution >= 4 is 14.1 Å². The van der Waals surface area contributed by atoms with Crippen molar-refractivity contribution in [1.29, 1.82) is 5.26 Å². The molecular formula is C18H19NO2Si. The molecule has 0 heterocycles. The molecule has 0 N–H and O–H groups in total. The van der Waals surface area contributed by atoms with Crippen molar-refractivity contribution in [3.63, 3.8) is 0 Å². The fraction of sp³-hybridized carbons (Fsp3) is 0.222. The van der Waals surface area contributed by atoms with E-state index in [4.69, 9.17) is 4.43 Å².